The van der Waals surface area contributed by atoms with Crippen LogP contribution in [0.1, 0.15) is 19.4 Å². The zero-order valence-corrected chi connectivity index (χ0v) is 12.6. The number of nitrogens with two attached hydrogens (primary N) is 2. The number of hydrogen-bond acceptors (Lipinski definition) is 6. The summed E-state index contributed by atoms with van der Waals surface area (Å²) in [5.41, 5.74) is 11.4. The number of aliphatic imine (C=N–C) groups is 2. The molecule has 0 aromatic heterocycles. The molecule has 4 N–H and O–H groups in total. The second-order valence-corrected chi connectivity index (χ2v) is 5.58. The Morgan fingerprint density at radius 3 is 2.60 bits per heavy atom. The van der Waals surface area contributed by atoms with Gasteiger partial charge in [-0.15, -0.1) is 0 Å². The Hall–Kier alpha value is -1.50. The van der Waals surface area contributed by atoms with Gasteiger partial charge in [-0.2, -0.15) is 10.1 Å². The average Bonchev–Trinajstić information content (AvgIpc) is 2.29. The molecule has 0 aliphatic carbocycles. The van der Waals surface area contributed by atoms with Crippen LogP contribution in [-0.2, 0) is 11.4 Å². The van der Waals surface area contributed by atoms with Crippen molar-refractivity contribution in [1.29, 1.82) is 0 Å². The molecule has 1 aromatic rings. The van der Waals surface area contributed by atoms with Gasteiger partial charge >= 0.3 is 0 Å². The van der Waals surface area contributed by atoms with E-state index in [1.54, 1.807) is 18.2 Å². The van der Waals surface area contributed by atoms with Crippen molar-refractivity contribution in [2.45, 2.75) is 26.1 Å². The highest BCUT2D eigenvalue weighted by molar-refractivity contribution is 6.35. The lowest BCUT2D eigenvalue weighted by Crippen LogP contribution is -2.53. The standard InChI is InChI=1S/C12H15Cl2N5O/c1-12(2)18-10(15)17-11(16)19(12)20-6-7-3-4-8(13)5-9(7)14/h3-5H,6H2,1-2H3,(H4,15,16,17,18). The predicted octanol–water partition coefficient (Wildman–Crippen LogP) is 2.11. The largest absolute Gasteiger partial charge is 0.368 e. The molecule has 0 fully saturated rings. The molecule has 1 heterocycles. The van der Waals surface area contributed by atoms with Gasteiger partial charge < -0.3 is 11.5 Å². The van der Waals surface area contributed by atoms with Crippen LogP contribution in [0.25, 0.3) is 0 Å². The summed E-state index contributed by atoms with van der Waals surface area (Å²) >= 11 is 11.9. The van der Waals surface area contributed by atoms with Crippen molar-refractivity contribution in [3.63, 3.8) is 0 Å². The summed E-state index contributed by atoms with van der Waals surface area (Å²) in [5, 5.41) is 2.48. The molecule has 0 amide bonds. The lowest BCUT2D eigenvalue weighted by molar-refractivity contribution is -0.166. The molecule has 1 aromatic carbocycles. The Bertz CT molecular complexity index is 585. The number of nitrogens with zero attached hydrogens (tertiary/aromatic N) is 3. The van der Waals surface area contributed by atoms with Crippen LogP contribution < -0.4 is 11.5 Å². The number of hydrogen-bond donors (Lipinski definition) is 2. The van der Waals surface area contributed by atoms with Gasteiger partial charge in [0.25, 0.3) is 0 Å². The van der Waals surface area contributed by atoms with Crippen LogP contribution in [0.5, 0.6) is 0 Å². The normalized spacial score (nSPS) is 17.7. The molecular formula is C12H15Cl2N5O. The van der Waals surface area contributed by atoms with Crippen molar-refractivity contribution in [1.82, 2.24) is 5.06 Å². The maximum atomic E-state index is 6.09. The number of benzene rings is 1. The maximum Gasteiger partial charge on any atom is 0.226 e. The summed E-state index contributed by atoms with van der Waals surface area (Å²) in [6.45, 7) is 3.83. The van der Waals surface area contributed by atoms with Gasteiger partial charge in [-0.05, 0) is 31.5 Å². The van der Waals surface area contributed by atoms with Crippen LogP contribution in [0.4, 0.5) is 0 Å². The molecule has 6 nitrogen and oxygen atoms in total. The minimum absolute atomic E-state index is 0.122. The Balaban J connectivity index is 2.13. The lowest BCUT2D eigenvalue weighted by Gasteiger charge is -2.36. The molecule has 20 heavy (non-hydrogen) atoms. The van der Waals surface area contributed by atoms with Crippen molar-refractivity contribution in [3.05, 3.63) is 33.8 Å². The molecule has 1 aliphatic rings. The van der Waals surface area contributed by atoms with Crippen LogP contribution in [0.15, 0.2) is 28.2 Å². The minimum Gasteiger partial charge on any atom is -0.368 e. The smallest absolute Gasteiger partial charge is 0.226 e. The number of hydroxylamine groups is 2. The highest BCUT2D eigenvalue weighted by Crippen LogP contribution is 2.24. The predicted molar refractivity (Wildman–Crippen MR) is 80.4 cm³/mol. The quantitative estimate of drug-likeness (QED) is 0.894. The van der Waals surface area contributed by atoms with E-state index in [1.165, 1.54) is 5.06 Å². The Morgan fingerprint density at radius 1 is 1.30 bits per heavy atom. The summed E-state index contributed by atoms with van der Waals surface area (Å²) < 4.78 is 0. The van der Waals surface area contributed by atoms with Gasteiger partial charge in [0.2, 0.25) is 11.9 Å². The van der Waals surface area contributed by atoms with Crippen LogP contribution >= 0.6 is 23.2 Å². The maximum absolute atomic E-state index is 6.09. The third-order valence-corrected chi connectivity index (χ3v) is 3.27. The first-order valence-electron chi connectivity index (χ1n) is 5.86. The van der Waals surface area contributed by atoms with Gasteiger partial charge in [0.1, 0.15) is 6.61 Å². The monoisotopic (exact) mass is 315 g/mol. The number of guanidine groups is 2. The molecular weight excluding hydrogens is 301 g/mol. The summed E-state index contributed by atoms with van der Waals surface area (Å²) in [5.74, 6) is 0.268. The van der Waals surface area contributed by atoms with Crippen molar-refractivity contribution in [3.8, 4) is 0 Å². The molecule has 0 saturated carbocycles. The van der Waals surface area contributed by atoms with E-state index in [9.17, 15) is 0 Å². The van der Waals surface area contributed by atoms with Gasteiger partial charge in [0.15, 0.2) is 5.66 Å². The molecule has 0 spiro atoms. The van der Waals surface area contributed by atoms with E-state index < -0.39 is 5.66 Å². The molecule has 0 radical (unpaired) electrons. The molecule has 0 atom stereocenters. The zero-order chi connectivity index (χ0) is 14.9. The SMILES string of the molecule is CC1(C)N=C(N)N=C(N)N1OCc1ccc(Cl)cc1Cl. The van der Waals surface area contributed by atoms with Crippen LogP contribution in [0.2, 0.25) is 10.0 Å². The number of halogens is 2. The zero-order valence-electron chi connectivity index (χ0n) is 11.1. The fourth-order valence-corrected chi connectivity index (χ4v) is 2.25. The second kappa shape index (κ2) is 5.47. The first kappa shape index (κ1) is 14.9. The Morgan fingerprint density at radius 2 is 2.00 bits per heavy atom. The van der Waals surface area contributed by atoms with Gasteiger partial charge in [-0.1, -0.05) is 29.3 Å². The van der Waals surface area contributed by atoms with Crippen molar-refractivity contribution in [2.24, 2.45) is 21.5 Å². The Labute approximate surface area is 127 Å². The van der Waals surface area contributed by atoms with E-state index in [4.69, 9.17) is 39.5 Å². The first-order chi connectivity index (χ1) is 9.29. The van der Waals surface area contributed by atoms with Crippen LogP contribution in [0.3, 0.4) is 0 Å². The van der Waals surface area contributed by atoms with Crippen molar-refractivity contribution < 1.29 is 4.84 Å². The minimum atomic E-state index is -0.741. The van der Waals surface area contributed by atoms with E-state index in [2.05, 4.69) is 9.98 Å². The fourth-order valence-electron chi connectivity index (χ4n) is 1.79. The van der Waals surface area contributed by atoms with Gasteiger partial charge in [-0.3, -0.25) is 4.84 Å². The van der Waals surface area contributed by atoms with Crippen molar-refractivity contribution in [2.75, 3.05) is 0 Å². The summed E-state index contributed by atoms with van der Waals surface area (Å²) in [6.07, 6.45) is 0. The van der Waals surface area contributed by atoms with Gasteiger partial charge in [0.05, 0.1) is 0 Å². The van der Waals surface area contributed by atoms with Gasteiger partial charge in [0, 0.05) is 10.0 Å². The molecule has 0 unspecified atom stereocenters. The fraction of sp³-hybridized carbons (Fsp3) is 0.333. The van der Waals surface area contributed by atoms with Crippen molar-refractivity contribution >= 4 is 35.1 Å². The third kappa shape index (κ3) is 3.15. The van der Waals surface area contributed by atoms with Crippen LogP contribution in [0, 0.1) is 0 Å². The van der Waals surface area contributed by atoms with E-state index in [1.807, 2.05) is 13.8 Å². The molecule has 2 rings (SSSR count). The molecule has 0 saturated heterocycles. The first-order valence-corrected chi connectivity index (χ1v) is 6.62. The molecule has 108 valence electrons. The summed E-state index contributed by atoms with van der Waals surface area (Å²) in [7, 11) is 0. The summed E-state index contributed by atoms with van der Waals surface area (Å²) in [4.78, 5) is 13.7. The highest BCUT2D eigenvalue weighted by Gasteiger charge is 2.33. The molecule has 8 heteroatoms. The van der Waals surface area contributed by atoms with E-state index in [-0.39, 0.29) is 18.5 Å². The topological polar surface area (TPSA) is 89.2 Å². The summed E-state index contributed by atoms with van der Waals surface area (Å²) in [6, 6.07) is 5.17. The average molecular weight is 316 g/mol. The van der Waals surface area contributed by atoms with Crippen LogP contribution in [-0.4, -0.2) is 22.6 Å². The van der Waals surface area contributed by atoms with E-state index in [0.29, 0.717) is 10.0 Å². The van der Waals surface area contributed by atoms with E-state index in [0.717, 1.165) is 5.56 Å². The third-order valence-electron chi connectivity index (χ3n) is 2.69. The lowest BCUT2D eigenvalue weighted by atomic mass is 10.2. The highest BCUT2D eigenvalue weighted by atomic mass is 35.5. The number of rotatable bonds is 3. The van der Waals surface area contributed by atoms with E-state index >= 15 is 0 Å². The Kier molecular flexibility index (Phi) is 4.08. The molecule has 1 aliphatic heterocycles. The van der Waals surface area contributed by atoms with Gasteiger partial charge in [-0.25, -0.2) is 4.99 Å². The molecule has 0 bridgehead atoms. The second-order valence-electron chi connectivity index (χ2n) is 4.74.